The highest BCUT2D eigenvalue weighted by Gasteiger charge is 2.35. The topological polar surface area (TPSA) is 85.2 Å². The van der Waals surface area contributed by atoms with Crippen LogP contribution in [-0.4, -0.2) is 29.5 Å². The van der Waals surface area contributed by atoms with E-state index in [1.54, 1.807) is 12.1 Å². The Morgan fingerprint density at radius 1 is 1.53 bits per heavy atom. The van der Waals surface area contributed by atoms with Gasteiger partial charge in [0.1, 0.15) is 5.82 Å². The first-order valence-electron chi connectivity index (χ1n) is 4.78. The Hall–Kier alpha value is -1.62. The first-order chi connectivity index (χ1) is 6.98. The van der Waals surface area contributed by atoms with Gasteiger partial charge in [0.25, 0.3) is 0 Å². The van der Waals surface area contributed by atoms with E-state index in [0.717, 1.165) is 18.9 Å². The third kappa shape index (κ3) is 1.92. The van der Waals surface area contributed by atoms with Crippen LogP contribution in [0.2, 0.25) is 0 Å². The van der Waals surface area contributed by atoms with Crippen LogP contribution in [0.15, 0.2) is 18.3 Å². The summed E-state index contributed by atoms with van der Waals surface area (Å²) in [6.07, 6.45) is 1.49. The molecule has 15 heavy (non-hydrogen) atoms. The number of nitrogens with two attached hydrogens (primary N) is 2. The molecule has 1 aromatic heterocycles. The zero-order valence-electron chi connectivity index (χ0n) is 8.60. The molecule has 0 atom stereocenters. The van der Waals surface area contributed by atoms with Crippen LogP contribution in [0.25, 0.3) is 0 Å². The number of nitrogens with zero attached hydrogens (tertiary/aromatic N) is 2. The number of carbonyl (C=O) groups is 1. The molecular weight excluding hydrogens is 192 g/mol. The molecule has 0 unspecified atom stereocenters. The van der Waals surface area contributed by atoms with Crippen LogP contribution in [0.1, 0.15) is 17.3 Å². The number of anilines is 1. The van der Waals surface area contributed by atoms with Gasteiger partial charge in [-0.1, -0.05) is 0 Å². The SMILES string of the molecule is CC1(N)CN(c2ccc(C(N)=O)cn2)C1. The predicted octanol–water partition coefficient (Wildman–Crippen LogP) is -0.282. The molecule has 2 rings (SSSR count). The highest BCUT2D eigenvalue weighted by molar-refractivity contribution is 5.92. The summed E-state index contributed by atoms with van der Waals surface area (Å²) in [5, 5.41) is 0. The van der Waals surface area contributed by atoms with Gasteiger partial charge in [0.2, 0.25) is 5.91 Å². The van der Waals surface area contributed by atoms with Crippen molar-refractivity contribution < 1.29 is 4.79 Å². The Morgan fingerprint density at radius 3 is 2.60 bits per heavy atom. The summed E-state index contributed by atoms with van der Waals surface area (Å²) in [7, 11) is 0. The summed E-state index contributed by atoms with van der Waals surface area (Å²) in [5.41, 5.74) is 11.3. The van der Waals surface area contributed by atoms with Gasteiger partial charge in [0.15, 0.2) is 0 Å². The molecule has 0 aliphatic carbocycles. The second-order valence-electron chi connectivity index (χ2n) is 4.28. The van der Waals surface area contributed by atoms with Gasteiger partial charge >= 0.3 is 0 Å². The summed E-state index contributed by atoms with van der Waals surface area (Å²) in [6, 6.07) is 3.46. The molecule has 5 nitrogen and oxygen atoms in total. The maximum atomic E-state index is 10.8. The highest BCUT2D eigenvalue weighted by Crippen LogP contribution is 2.23. The van der Waals surface area contributed by atoms with Crippen molar-refractivity contribution in [3.63, 3.8) is 0 Å². The number of aromatic nitrogens is 1. The van der Waals surface area contributed by atoms with Crippen LogP contribution < -0.4 is 16.4 Å². The van der Waals surface area contributed by atoms with Gasteiger partial charge in [-0.05, 0) is 19.1 Å². The number of rotatable bonds is 2. The van der Waals surface area contributed by atoms with Crippen molar-refractivity contribution in [1.29, 1.82) is 0 Å². The lowest BCUT2D eigenvalue weighted by molar-refractivity contribution is 0.1000. The molecule has 0 saturated carbocycles. The molecule has 1 fully saturated rings. The van der Waals surface area contributed by atoms with E-state index in [2.05, 4.69) is 9.88 Å². The van der Waals surface area contributed by atoms with Gasteiger partial charge < -0.3 is 16.4 Å². The average Bonchev–Trinajstić information content (AvgIpc) is 2.14. The average molecular weight is 206 g/mol. The molecule has 0 bridgehead atoms. The van der Waals surface area contributed by atoms with Crippen LogP contribution in [0.5, 0.6) is 0 Å². The molecule has 5 heteroatoms. The number of primary amides is 1. The van der Waals surface area contributed by atoms with Gasteiger partial charge in [-0.25, -0.2) is 4.98 Å². The van der Waals surface area contributed by atoms with E-state index < -0.39 is 5.91 Å². The summed E-state index contributed by atoms with van der Waals surface area (Å²) < 4.78 is 0. The summed E-state index contributed by atoms with van der Waals surface area (Å²) in [6.45, 7) is 3.58. The van der Waals surface area contributed by atoms with E-state index in [9.17, 15) is 4.79 Å². The molecule has 1 aliphatic heterocycles. The fourth-order valence-electron chi connectivity index (χ4n) is 1.71. The van der Waals surface area contributed by atoms with Crippen molar-refractivity contribution in [2.24, 2.45) is 11.5 Å². The molecule has 4 N–H and O–H groups in total. The van der Waals surface area contributed by atoms with Crippen LogP contribution in [0, 0.1) is 0 Å². The molecule has 0 radical (unpaired) electrons. The molecule has 1 aliphatic rings. The number of carbonyl (C=O) groups excluding carboxylic acids is 1. The Kier molecular flexibility index (Phi) is 2.12. The number of pyridine rings is 1. The quantitative estimate of drug-likeness (QED) is 0.696. The molecule has 2 heterocycles. The first kappa shape index (κ1) is 9.92. The molecule has 0 spiro atoms. The highest BCUT2D eigenvalue weighted by atomic mass is 16.1. The van der Waals surface area contributed by atoms with Crippen LogP contribution in [0.4, 0.5) is 5.82 Å². The minimum atomic E-state index is -0.457. The molecule has 1 aromatic rings. The van der Waals surface area contributed by atoms with E-state index in [-0.39, 0.29) is 5.54 Å². The minimum absolute atomic E-state index is 0.121. The Bertz CT molecular complexity index is 377. The number of hydrogen-bond acceptors (Lipinski definition) is 4. The first-order valence-corrected chi connectivity index (χ1v) is 4.78. The minimum Gasteiger partial charge on any atom is -0.366 e. The normalized spacial score (nSPS) is 18.4. The van der Waals surface area contributed by atoms with Gasteiger partial charge in [-0.15, -0.1) is 0 Å². The molecule has 1 amide bonds. The van der Waals surface area contributed by atoms with Gasteiger partial charge in [-0.2, -0.15) is 0 Å². The summed E-state index contributed by atoms with van der Waals surface area (Å²) in [4.78, 5) is 17.0. The zero-order chi connectivity index (χ0) is 11.1. The van der Waals surface area contributed by atoms with Crippen LogP contribution in [-0.2, 0) is 0 Å². The third-order valence-electron chi connectivity index (χ3n) is 2.46. The van der Waals surface area contributed by atoms with E-state index in [1.807, 2.05) is 6.92 Å². The van der Waals surface area contributed by atoms with Crippen LogP contribution in [0.3, 0.4) is 0 Å². The number of amides is 1. The molecular formula is C10H14N4O. The third-order valence-corrected chi connectivity index (χ3v) is 2.46. The maximum absolute atomic E-state index is 10.8. The monoisotopic (exact) mass is 206 g/mol. The van der Waals surface area contributed by atoms with Crippen molar-refractivity contribution in [3.8, 4) is 0 Å². The van der Waals surface area contributed by atoms with E-state index in [0.29, 0.717) is 5.56 Å². The summed E-state index contributed by atoms with van der Waals surface area (Å²) in [5.74, 6) is 0.379. The summed E-state index contributed by atoms with van der Waals surface area (Å²) >= 11 is 0. The Labute approximate surface area is 88.1 Å². The van der Waals surface area contributed by atoms with E-state index in [4.69, 9.17) is 11.5 Å². The molecule has 0 aromatic carbocycles. The van der Waals surface area contributed by atoms with E-state index in [1.165, 1.54) is 6.20 Å². The van der Waals surface area contributed by atoms with E-state index >= 15 is 0 Å². The predicted molar refractivity (Wildman–Crippen MR) is 57.6 cm³/mol. The maximum Gasteiger partial charge on any atom is 0.250 e. The second kappa shape index (κ2) is 3.20. The van der Waals surface area contributed by atoms with Crippen molar-refractivity contribution in [3.05, 3.63) is 23.9 Å². The van der Waals surface area contributed by atoms with Gasteiger partial charge in [0, 0.05) is 24.8 Å². The van der Waals surface area contributed by atoms with Gasteiger partial charge in [0.05, 0.1) is 5.56 Å². The van der Waals surface area contributed by atoms with Crippen molar-refractivity contribution >= 4 is 11.7 Å². The standard InChI is InChI=1S/C10H14N4O/c1-10(12)5-14(6-10)8-3-2-7(4-13-8)9(11)15/h2-4H,5-6,12H2,1H3,(H2,11,15). The largest absolute Gasteiger partial charge is 0.366 e. The van der Waals surface area contributed by atoms with Gasteiger partial charge in [-0.3, -0.25) is 4.79 Å². The molecule has 80 valence electrons. The zero-order valence-corrected chi connectivity index (χ0v) is 8.60. The lowest BCUT2D eigenvalue weighted by Gasteiger charge is -2.46. The number of hydrogen-bond donors (Lipinski definition) is 2. The lowest BCUT2D eigenvalue weighted by Crippen LogP contribution is -2.65. The van der Waals surface area contributed by atoms with Crippen molar-refractivity contribution in [2.75, 3.05) is 18.0 Å². The second-order valence-corrected chi connectivity index (χ2v) is 4.28. The van der Waals surface area contributed by atoms with Crippen molar-refractivity contribution in [2.45, 2.75) is 12.5 Å². The lowest BCUT2D eigenvalue weighted by atomic mass is 9.94. The van der Waals surface area contributed by atoms with Crippen molar-refractivity contribution in [1.82, 2.24) is 4.98 Å². The van der Waals surface area contributed by atoms with Crippen LogP contribution >= 0.6 is 0 Å². The Balaban J connectivity index is 2.09. The molecule has 1 saturated heterocycles. The fraction of sp³-hybridized carbons (Fsp3) is 0.400. The smallest absolute Gasteiger partial charge is 0.250 e. The Morgan fingerprint density at radius 2 is 2.20 bits per heavy atom. The fourth-order valence-corrected chi connectivity index (χ4v) is 1.71.